The van der Waals surface area contributed by atoms with Gasteiger partial charge < -0.3 is 11.1 Å². The van der Waals surface area contributed by atoms with E-state index in [0.717, 1.165) is 14.7 Å². The number of benzene rings is 1. The summed E-state index contributed by atoms with van der Waals surface area (Å²) in [4.78, 5) is 12.0. The Bertz CT molecular complexity index is 429. The third kappa shape index (κ3) is 3.42. The lowest BCUT2D eigenvalue weighted by atomic mass is 10.1. The van der Waals surface area contributed by atoms with Crippen molar-refractivity contribution >= 4 is 28.5 Å². The monoisotopic (exact) mass is 344 g/mol. The van der Waals surface area contributed by atoms with Gasteiger partial charge in [0.2, 0.25) is 0 Å². The molecule has 0 spiro atoms. The molecule has 92 valence electrons. The topological polar surface area (TPSA) is 55.1 Å². The van der Waals surface area contributed by atoms with Crippen LogP contribution >= 0.6 is 22.6 Å². The van der Waals surface area contributed by atoms with Gasteiger partial charge in [-0.1, -0.05) is 11.6 Å². The highest BCUT2D eigenvalue weighted by Crippen LogP contribution is 2.31. The number of nitrogens with one attached hydrogen (secondary N) is 1. The lowest BCUT2D eigenvalue weighted by molar-refractivity contribution is 0.0949. The fourth-order valence-electron chi connectivity index (χ4n) is 1.81. The highest BCUT2D eigenvalue weighted by Gasteiger charge is 2.28. The van der Waals surface area contributed by atoms with Crippen molar-refractivity contribution in [3.8, 4) is 0 Å². The van der Waals surface area contributed by atoms with Gasteiger partial charge in [0, 0.05) is 16.2 Å². The summed E-state index contributed by atoms with van der Waals surface area (Å²) in [5.41, 5.74) is 7.80. The zero-order valence-electron chi connectivity index (χ0n) is 9.87. The van der Waals surface area contributed by atoms with Gasteiger partial charge in [-0.15, -0.1) is 0 Å². The summed E-state index contributed by atoms with van der Waals surface area (Å²) in [5.74, 6) is 0.598. The molecule has 3 nitrogen and oxygen atoms in total. The molecular weight excluding hydrogens is 327 g/mol. The Labute approximate surface area is 115 Å². The van der Waals surface area contributed by atoms with Gasteiger partial charge in [-0.2, -0.15) is 0 Å². The zero-order valence-corrected chi connectivity index (χ0v) is 12.0. The van der Waals surface area contributed by atoms with Crippen LogP contribution in [0.25, 0.3) is 0 Å². The molecule has 1 atom stereocenters. The van der Waals surface area contributed by atoms with Crippen molar-refractivity contribution in [3.63, 3.8) is 0 Å². The van der Waals surface area contributed by atoms with Crippen LogP contribution in [0.5, 0.6) is 0 Å². The summed E-state index contributed by atoms with van der Waals surface area (Å²) in [7, 11) is 0. The molecule has 1 aliphatic rings. The van der Waals surface area contributed by atoms with Crippen molar-refractivity contribution in [2.75, 3.05) is 6.54 Å². The SMILES string of the molecule is Cc1ccc(I)c(C(=O)NCC(N)C2CC2)c1. The molecule has 0 saturated heterocycles. The molecule has 17 heavy (non-hydrogen) atoms. The Hall–Kier alpha value is -0.620. The Morgan fingerprint density at radius 2 is 2.29 bits per heavy atom. The molecule has 1 aliphatic carbocycles. The van der Waals surface area contributed by atoms with E-state index in [-0.39, 0.29) is 11.9 Å². The minimum Gasteiger partial charge on any atom is -0.350 e. The van der Waals surface area contributed by atoms with E-state index in [1.54, 1.807) is 0 Å². The van der Waals surface area contributed by atoms with Crippen molar-refractivity contribution in [2.45, 2.75) is 25.8 Å². The minimum atomic E-state index is -0.0193. The van der Waals surface area contributed by atoms with Gasteiger partial charge >= 0.3 is 0 Å². The maximum atomic E-state index is 12.0. The van der Waals surface area contributed by atoms with Crippen LogP contribution < -0.4 is 11.1 Å². The molecule has 0 aliphatic heterocycles. The number of aryl methyl sites for hydroxylation is 1. The molecule has 1 unspecified atom stereocenters. The van der Waals surface area contributed by atoms with Crippen molar-refractivity contribution in [3.05, 3.63) is 32.9 Å². The Balaban J connectivity index is 1.96. The van der Waals surface area contributed by atoms with Crippen molar-refractivity contribution in [2.24, 2.45) is 11.7 Å². The first-order chi connectivity index (χ1) is 8.08. The summed E-state index contributed by atoms with van der Waals surface area (Å²) >= 11 is 2.18. The van der Waals surface area contributed by atoms with Crippen LogP contribution in [-0.2, 0) is 0 Å². The standard InChI is InChI=1S/C13H17IN2O/c1-8-2-5-11(14)10(6-8)13(17)16-7-12(15)9-3-4-9/h2,5-6,9,12H,3-4,7,15H2,1H3,(H,16,17). The first kappa shape index (κ1) is 12.8. The number of amides is 1. The molecule has 2 rings (SSSR count). The van der Waals surface area contributed by atoms with Crippen LogP contribution in [0, 0.1) is 16.4 Å². The molecule has 1 aromatic rings. The highest BCUT2D eigenvalue weighted by molar-refractivity contribution is 14.1. The summed E-state index contributed by atoms with van der Waals surface area (Å²) in [6.45, 7) is 2.57. The van der Waals surface area contributed by atoms with Gasteiger partial charge in [0.15, 0.2) is 0 Å². The Morgan fingerprint density at radius 1 is 1.59 bits per heavy atom. The largest absolute Gasteiger partial charge is 0.350 e. The van der Waals surface area contributed by atoms with Crippen LogP contribution in [0.2, 0.25) is 0 Å². The number of hydrogen-bond acceptors (Lipinski definition) is 2. The number of carbonyl (C=O) groups excluding carboxylic acids is 1. The summed E-state index contributed by atoms with van der Waals surface area (Å²) in [6, 6.07) is 6.00. The van der Waals surface area contributed by atoms with Gasteiger partial charge in [0.05, 0.1) is 5.56 Å². The number of carbonyl (C=O) groups is 1. The smallest absolute Gasteiger partial charge is 0.252 e. The maximum Gasteiger partial charge on any atom is 0.252 e. The molecule has 3 N–H and O–H groups in total. The van der Waals surface area contributed by atoms with Crippen LogP contribution in [0.4, 0.5) is 0 Å². The molecule has 4 heteroatoms. The predicted molar refractivity (Wildman–Crippen MR) is 76.9 cm³/mol. The van der Waals surface area contributed by atoms with Crippen LogP contribution in [-0.4, -0.2) is 18.5 Å². The molecule has 0 radical (unpaired) electrons. The number of nitrogens with two attached hydrogens (primary N) is 1. The van der Waals surface area contributed by atoms with Gasteiger partial charge in [-0.05, 0) is 60.4 Å². The second kappa shape index (κ2) is 5.35. The second-order valence-corrected chi connectivity index (χ2v) is 5.86. The molecule has 0 bridgehead atoms. The number of hydrogen-bond donors (Lipinski definition) is 2. The third-order valence-corrected chi connectivity index (χ3v) is 4.03. The van der Waals surface area contributed by atoms with E-state index < -0.39 is 0 Å². The second-order valence-electron chi connectivity index (χ2n) is 4.69. The molecule has 1 saturated carbocycles. The van der Waals surface area contributed by atoms with E-state index in [9.17, 15) is 4.79 Å². The van der Waals surface area contributed by atoms with Crippen LogP contribution in [0.3, 0.4) is 0 Å². The van der Waals surface area contributed by atoms with Crippen LogP contribution in [0.15, 0.2) is 18.2 Å². The zero-order chi connectivity index (χ0) is 12.4. The summed E-state index contributed by atoms with van der Waals surface area (Å²) in [6.07, 6.45) is 2.41. The molecule has 1 aromatic carbocycles. The van der Waals surface area contributed by atoms with Gasteiger partial charge in [-0.25, -0.2) is 0 Å². The predicted octanol–water partition coefficient (Wildman–Crippen LogP) is 2.07. The van der Waals surface area contributed by atoms with E-state index in [0.29, 0.717) is 12.5 Å². The van der Waals surface area contributed by atoms with E-state index in [4.69, 9.17) is 5.73 Å². The van der Waals surface area contributed by atoms with E-state index >= 15 is 0 Å². The first-order valence-corrected chi connectivity index (χ1v) is 6.95. The fourth-order valence-corrected chi connectivity index (χ4v) is 2.39. The summed E-state index contributed by atoms with van der Waals surface area (Å²) in [5, 5.41) is 2.92. The van der Waals surface area contributed by atoms with E-state index in [1.165, 1.54) is 12.8 Å². The molecule has 0 aromatic heterocycles. The quantitative estimate of drug-likeness (QED) is 0.822. The van der Waals surface area contributed by atoms with Gasteiger partial charge in [-0.3, -0.25) is 4.79 Å². The average molecular weight is 344 g/mol. The first-order valence-electron chi connectivity index (χ1n) is 5.88. The molecular formula is C13H17IN2O. The number of halogens is 1. The van der Waals surface area contributed by atoms with Crippen molar-refractivity contribution in [1.29, 1.82) is 0 Å². The molecule has 1 fully saturated rings. The fraction of sp³-hybridized carbons (Fsp3) is 0.462. The Kier molecular flexibility index (Phi) is 4.04. The molecule has 0 heterocycles. The van der Waals surface area contributed by atoms with E-state index in [2.05, 4.69) is 27.9 Å². The maximum absolute atomic E-state index is 12.0. The van der Waals surface area contributed by atoms with Crippen molar-refractivity contribution < 1.29 is 4.79 Å². The van der Waals surface area contributed by atoms with Crippen molar-refractivity contribution in [1.82, 2.24) is 5.32 Å². The number of rotatable bonds is 4. The van der Waals surface area contributed by atoms with Crippen LogP contribution in [0.1, 0.15) is 28.8 Å². The van der Waals surface area contributed by atoms with Gasteiger partial charge in [0.25, 0.3) is 5.91 Å². The lowest BCUT2D eigenvalue weighted by Gasteiger charge is -2.12. The normalized spacial score (nSPS) is 16.6. The molecule has 1 amide bonds. The minimum absolute atomic E-state index is 0.0193. The average Bonchev–Trinajstić information content (AvgIpc) is 3.12. The van der Waals surface area contributed by atoms with Gasteiger partial charge in [0.1, 0.15) is 0 Å². The highest BCUT2D eigenvalue weighted by atomic mass is 127. The summed E-state index contributed by atoms with van der Waals surface area (Å²) < 4.78 is 0.977. The Morgan fingerprint density at radius 3 is 2.94 bits per heavy atom. The lowest BCUT2D eigenvalue weighted by Crippen LogP contribution is -2.38. The van der Waals surface area contributed by atoms with E-state index in [1.807, 2.05) is 25.1 Å². The third-order valence-electron chi connectivity index (χ3n) is 3.09.